The maximum Gasteiger partial charge on any atom is 0.140 e. The molecule has 0 atom stereocenters. The van der Waals surface area contributed by atoms with E-state index in [4.69, 9.17) is 11.6 Å². The highest BCUT2D eigenvalue weighted by atomic mass is 35.5. The van der Waals surface area contributed by atoms with Crippen molar-refractivity contribution in [2.45, 2.75) is 6.54 Å². The molecule has 0 fully saturated rings. The van der Waals surface area contributed by atoms with Crippen LogP contribution < -0.4 is 0 Å². The Bertz CT molecular complexity index is 598. The summed E-state index contributed by atoms with van der Waals surface area (Å²) in [5.74, 6) is 1.02. The Morgan fingerprint density at radius 3 is 2.71 bits per heavy atom. The fourth-order valence-corrected chi connectivity index (χ4v) is 2.07. The predicted octanol–water partition coefficient (Wildman–Crippen LogP) is 3.69. The summed E-state index contributed by atoms with van der Waals surface area (Å²) in [5.41, 5.74) is 2.39. The van der Waals surface area contributed by atoms with E-state index in [9.17, 15) is 0 Å². The van der Waals surface area contributed by atoms with Crippen LogP contribution in [0.4, 0.5) is 0 Å². The zero-order chi connectivity index (χ0) is 11.7. The monoisotopic (exact) mass is 242 g/mol. The summed E-state index contributed by atoms with van der Waals surface area (Å²) >= 11 is 5.87. The van der Waals surface area contributed by atoms with E-state index in [-0.39, 0.29) is 0 Å². The minimum Gasteiger partial charge on any atom is -0.328 e. The zero-order valence-corrected chi connectivity index (χ0v) is 9.93. The molecule has 0 unspecified atom stereocenters. The number of hydrogen-bond acceptors (Lipinski definition) is 1. The summed E-state index contributed by atoms with van der Waals surface area (Å²) in [5, 5.41) is 0.767. The highest BCUT2D eigenvalue weighted by Crippen LogP contribution is 2.20. The fraction of sp³-hybridized carbons (Fsp3) is 0.0714. The molecule has 0 saturated carbocycles. The van der Waals surface area contributed by atoms with Gasteiger partial charge in [0.15, 0.2) is 0 Å². The van der Waals surface area contributed by atoms with E-state index < -0.39 is 0 Å². The summed E-state index contributed by atoms with van der Waals surface area (Å²) in [7, 11) is 0. The molecule has 2 aliphatic heterocycles. The van der Waals surface area contributed by atoms with Gasteiger partial charge in [-0.05, 0) is 35.9 Å². The molecule has 0 radical (unpaired) electrons. The molecule has 3 rings (SSSR count). The van der Waals surface area contributed by atoms with E-state index in [1.165, 1.54) is 11.1 Å². The summed E-state index contributed by atoms with van der Waals surface area (Å²) in [6, 6.07) is 14.0. The van der Waals surface area contributed by atoms with E-state index in [1.54, 1.807) is 0 Å². The lowest BCUT2D eigenvalue weighted by molar-refractivity contribution is 0.785. The molecule has 84 valence electrons. The predicted molar refractivity (Wildman–Crippen MR) is 69.4 cm³/mol. The quantitative estimate of drug-likeness (QED) is 0.670. The molecule has 0 bridgehead atoms. The topological polar surface area (TPSA) is 17.8 Å². The lowest BCUT2D eigenvalue weighted by Crippen LogP contribution is -2.04. The second kappa shape index (κ2) is 4.22. The highest BCUT2D eigenvalue weighted by Gasteiger charge is 2.07. The Morgan fingerprint density at radius 1 is 1.06 bits per heavy atom. The first-order valence-electron chi connectivity index (χ1n) is 5.47. The number of nitrogens with zero attached hydrogens (tertiary/aromatic N) is 2. The minimum absolute atomic E-state index is 0.767. The van der Waals surface area contributed by atoms with Crippen LogP contribution in [0, 0.1) is 0 Å². The number of fused-ring (bicyclic) bond motifs is 1. The van der Waals surface area contributed by atoms with Gasteiger partial charge in [-0.15, -0.1) is 0 Å². The summed E-state index contributed by atoms with van der Waals surface area (Å²) in [6.45, 7) is 0.811. The molecular weight excluding hydrogens is 232 g/mol. The second-order valence-electron chi connectivity index (χ2n) is 3.99. The van der Waals surface area contributed by atoms with Crippen LogP contribution in [0.3, 0.4) is 0 Å². The summed E-state index contributed by atoms with van der Waals surface area (Å²) in [4.78, 5) is 4.37. The van der Waals surface area contributed by atoms with E-state index >= 15 is 0 Å². The molecule has 1 aromatic rings. The van der Waals surface area contributed by atoms with Crippen LogP contribution in [0.1, 0.15) is 5.56 Å². The lowest BCUT2D eigenvalue weighted by Gasteiger charge is -2.11. The van der Waals surface area contributed by atoms with Crippen molar-refractivity contribution in [3.8, 4) is 11.4 Å². The van der Waals surface area contributed by atoms with Gasteiger partial charge in [-0.3, -0.25) is 0 Å². The van der Waals surface area contributed by atoms with Gasteiger partial charge in [0, 0.05) is 29.5 Å². The van der Waals surface area contributed by atoms with Gasteiger partial charge in [-0.25, -0.2) is 4.98 Å². The van der Waals surface area contributed by atoms with Crippen molar-refractivity contribution in [3.63, 3.8) is 0 Å². The normalized spacial score (nSPS) is 10.9. The Labute approximate surface area is 105 Å². The average Bonchev–Trinajstić information content (AvgIpc) is 2.81. The molecule has 0 amide bonds. The van der Waals surface area contributed by atoms with Crippen LogP contribution in [0.2, 0.25) is 5.02 Å². The van der Waals surface area contributed by atoms with Gasteiger partial charge in [-0.1, -0.05) is 23.7 Å². The molecule has 1 aromatic carbocycles. The van der Waals surface area contributed by atoms with Gasteiger partial charge in [0.2, 0.25) is 0 Å². The Balaban J connectivity index is 1.95. The maximum absolute atomic E-state index is 5.87. The Kier molecular flexibility index (Phi) is 2.57. The van der Waals surface area contributed by atoms with Gasteiger partial charge in [0.25, 0.3) is 0 Å². The highest BCUT2D eigenvalue weighted by molar-refractivity contribution is 6.30. The van der Waals surface area contributed by atoms with Crippen molar-refractivity contribution < 1.29 is 0 Å². The lowest BCUT2D eigenvalue weighted by atomic mass is 10.2. The molecule has 0 spiro atoms. The number of halogens is 1. The van der Waals surface area contributed by atoms with E-state index in [0.717, 1.165) is 17.4 Å². The van der Waals surface area contributed by atoms with Crippen molar-refractivity contribution >= 4 is 11.6 Å². The molecule has 17 heavy (non-hydrogen) atoms. The van der Waals surface area contributed by atoms with Gasteiger partial charge in [0.05, 0.1) is 0 Å². The molecule has 2 aliphatic rings. The average molecular weight is 243 g/mol. The van der Waals surface area contributed by atoms with Crippen LogP contribution in [0.5, 0.6) is 0 Å². The standard InChI is InChI=1S/C14H11ClN2/c15-13-5-3-11(4-6-13)10-17-9-1-2-12-7-8-16-14(12)17/h1-9H,10H2. The van der Waals surface area contributed by atoms with E-state index in [2.05, 4.69) is 15.6 Å². The van der Waals surface area contributed by atoms with Gasteiger partial charge < -0.3 is 4.57 Å². The van der Waals surface area contributed by atoms with Crippen LogP contribution in [0.15, 0.2) is 54.9 Å². The Hall–Kier alpha value is -1.80. The number of pyridine rings is 1. The van der Waals surface area contributed by atoms with Crippen molar-refractivity contribution in [2.24, 2.45) is 0 Å². The number of hydrogen-bond donors (Lipinski definition) is 0. The third-order valence-electron chi connectivity index (χ3n) is 2.79. The van der Waals surface area contributed by atoms with Crippen molar-refractivity contribution in [3.05, 3.63) is 65.4 Å². The first-order chi connectivity index (χ1) is 8.33. The van der Waals surface area contributed by atoms with E-state index in [0.29, 0.717) is 0 Å². The molecule has 0 saturated heterocycles. The second-order valence-corrected chi connectivity index (χ2v) is 4.42. The van der Waals surface area contributed by atoms with E-state index in [1.807, 2.05) is 48.8 Å². The van der Waals surface area contributed by atoms with Crippen LogP contribution in [-0.4, -0.2) is 9.55 Å². The number of aromatic nitrogens is 2. The zero-order valence-electron chi connectivity index (χ0n) is 9.18. The third-order valence-corrected chi connectivity index (χ3v) is 3.04. The van der Waals surface area contributed by atoms with Crippen molar-refractivity contribution in [1.29, 1.82) is 0 Å². The molecule has 0 aliphatic carbocycles. The largest absolute Gasteiger partial charge is 0.328 e. The molecule has 3 heteroatoms. The maximum atomic E-state index is 5.87. The van der Waals surface area contributed by atoms with Crippen LogP contribution in [0.25, 0.3) is 11.4 Å². The van der Waals surface area contributed by atoms with Crippen molar-refractivity contribution in [2.75, 3.05) is 0 Å². The Morgan fingerprint density at radius 2 is 1.88 bits per heavy atom. The SMILES string of the molecule is Clc1ccc(Cn2cccc3ccnc2-3)cc1. The molecular formula is C14H11ClN2. The summed E-state index contributed by atoms with van der Waals surface area (Å²) in [6.07, 6.45) is 3.88. The molecule has 2 nitrogen and oxygen atoms in total. The first-order valence-corrected chi connectivity index (χ1v) is 5.85. The van der Waals surface area contributed by atoms with Gasteiger partial charge >= 0.3 is 0 Å². The van der Waals surface area contributed by atoms with Gasteiger partial charge in [-0.2, -0.15) is 0 Å². The van der Waals surface area contributed by atoms with Crippen LogP contribution in [-0.2, 0) is 6.54 Å². The minimum atomic E-state index is 0.767. The molecule has 2 heterocycles. The van der Waals surface area contributed by atoms with Gasteiger partial charge in [0.1, 0.15) is 5.82 Å². The third kappa shape index (κ3) is 2.04. The number of benzene rings is 1. The van der Waals surface area contributed by atoms with Crippen molar-refractivity contribution in [1.82, 2.24) is 9.55 Å². The first kappa shape index (κ1) is 10.4. The smallest absolute Gasteiger partial charge is 0.140 e. The molecule has 0 aromatic heterocycles. The van der Waals surface area contributed by atoms with Crippen LogP contribution >= 0.6 is 11.6 Å². The number of rotatable bonds is 2. The summed E-state index contributed by atoms with van der Waals surface area (Å²) < 4.78 is 2.14. The fourth-order valence-electron chi connectivity index (χ4n) is 1.94. The molecule has 0 N–H and O–H groups in total.